The second kappa shape index (κ2) is 10.5. The first-order valence-corrected chi connectivity index (χ1v) is 8.84. The van der Waals surface area contributed by atoms with Crippen molar-refractivity contribution >= 4 is 41.3 Å². The van der Waals surface area contributed by atoms with Gasteiger partial charge in [-0.3, -0.25) is 4.99 Å². The highest BCUT2D eigenvalue weighted by Gasteiger charge is 2.15. The molecule has 132 valence electrons. The van der Waals surface area contributed by atoms with Gasteiger partial charge in [0, 0.05) is 38.7 Å². The number of thiazole rings is 1. The number of aliphatic imine (C=N–C) groups is 1. The predicted molar refractivity (Wildman–Crippen MR) is 108 cm³/mol. The SMILES string of the molecule is CN=C(NCc1nc(C)c(C)s1)N(C)CCC1CCOCC1.I. The van der Waals surface area contributed by atoms with Crippen molar-refractivity contribution in [3.8, 4) is 0 Å². The molecule has 1 N–H and O–H groups in total. The number of aromatic nitrogens is 1. The smallest absolute Gasteiger partial charge is 0.193 e. The molecule has 0 aliphatic carbocycles. The van der Waals surface area contributed by atoms with E-state index >= 15 is 0 Å². The third-order valence-electron chi connectivity index (χ3n) is 4.26. The van der Waals surface area contributed by atoms with E-state index in [9.17, 15) is 0 Å². The Morgan fingerprint density at radius 2 is 2.09 bits per heavy atom. The van der Waals surface area contributed by atoms with Gasteiger partial charge in [0.25, 0.3) is 0 Å². The van der Waals surface area contributed by atoms with E-state index in [2.05, 4.69) is 41.1 Å². The summed E-state index contributed by atoms with van der Waals surface area (Å²) in [5.41, 5.74) is 1.13. The van der Waals surface area contributed by atoms with E-state index in [0.717, 1.165) is 48.9 Å². The molecule has 2 heterocycles. The average molecular weight is 452 g/mol. The monoisotopic (exact) mass is 452 g/mol. The first-order chi connectivity index (χ1) is 10.6. The van der Waals surface area contributed by atoms with Crippen LogP contribution in [0.4, 0.5) is 0 Å². The van der Waals surface area contributed by atoms with E-state index < -0.39 is 0 Å². The molecule has 0 aromatic carbocycles. The molecule has 0 radical (unpaired) electrons. The van der Waals surface area contributed by atoms with Crippen LogP contribution in [0.5, 0.6) is 0 Å². The Bertz CT molecular complexity index is 481. The van der Waals surface area contributed by atoms with Crippen molar-refractivity contribution < 1.29 is 4.74 Å². The number of nitrogens with one attached hydrogen (secondary N) is 1. The van der Waals surface area contributed by atoms with Gasteiger partial charge in [0.15, 0.2) is 5.96 Å². The molecule has 1 aromatic rings. The van der Waals surface area contributed by atoms with Crippen molar-refractivity contribution in [1.82, 2.24) is 15.2 Å². The summed E-state index contributed by atoms with van der Waals surface area (Å²) >= 11 is 1.75. The molecule has 0 spiro atoms. The van der Waals surface area contributed by atoms with Gasteiger partial charge in [-0.2, -0.15) is 0 Å². The molecule has 1 aromatic heterocycles. The first-order valence-electron chi connectivity index (χ1n) is 8.02. The maximum absolute atomic E-state index is 5.42. The zero-order chi connectivity index (χ0) is 15.9. The van der Waals surface area contributed by atoms with Crippen LogP contribution in [0.25, 0.3) is 0 Å². The number of hydrogen-bond donors (Lipinski definition) is 1. The lowest BCUT2D eigenvalue weighted by Gasteiger charge is -2.26. The number of rotatable bonds is 5. The van der Waals surface area contributed by atoms with Gasteiger partial charge in [-0.1, -0.05) is 0 Å². The van der Waals surface area contributed by atoms with Crippen LogP contribution in [0.1, 0.15) is 34.8 Å². The number of aryl methyl sites for hydroxylation is 2. The molecule has 0 bridgehead atoms. The topological polar surface area (TPSA) is 49.8 Å². The maximum Gasteiger partial charge on any atom is 0.193 e. The van der Waals surface area contributed by atoms with Crippen LogP contribution in [-0.2, 0) is 11.3 Å². The largest absolute Gasteiger partial charge is 0.381 e. The summed E-state index contributed by atoms with van der Waals surface area (Å²) in [4.78, 5) is 12.4. The Balaban J connectivity index is 0.00000264. The molecule has 2 rings (SSSR count). The summed E-state index contributed by atoms with van der Waals surface area (Å²) in [6, 6.07) is 0. The van der Waals surface area contributed by atoms with Crippen molar-refractivity contribution in [2.75, 3.05) is 33.9 Å². The van der Waals surface area contributed by atoms with Crippen LogP contribution in [0.3, 0.4) is 0 Å². The number of guanidine groups is 1. The summed E-state index contributed by atoms with van der Waals surface area (Å²) in [6.45, 7) is 7.79. The highest BCUT2D eigenvalue weighted by molar-refractivity contribution is 14.0. The minimum absolute atomic E-state index is 0. The zero-order valence-corrected chi connectivity index (χ0v) is 17.7. The Labute approximate surface area is 160 Å². The van der Waals surface area contributed by atoms with Gasteiger partial charge in [-0.15, -0.1) is 35.3 Å². The lowest BCUT2D eigenvalue weighted by atomic mass is 9.96. The van der Waals surface area contributed by atoms with Crippen LogP contribution in [0, 0.1) is 19.8 Å². The Morgan fingerprint density at radius 3 is 2.65 bits per heavy atom. The number of halogens is 1. The summed E-state index contributed by atoms with van der Waals surface area (Å²) in [7, 11) is 3.94. The molecule has 1 saturated heterocycles. The fourth-order valence-electron chi connectivity index (χ4n) is 2.67. The lowest BCUT2D eigenvalue weighted by molar-refractivity contribution is 0.0625. The molecular weight excluding hydrogens is 423 g/mol. The zero-order valence-electron chi connectivity index (χ0n) is 14.6. The minimum atomic E-state index is 0. The summed E-state index contributed by atoms with van der Waals surface area (Å²) in [5, 5.41) is 4.53. The molecule has 1 aliphatic heterocycles. The van der Waals surface area contributed by atoms with Crippen LogP contribution in [0.2, 0.25) is 0 Å². The van der Waals surface area contributed by atoms with Crippen LogP contribution in [0.15, 0.2) is 4.99 Å². The maximum atomic E-state index is 5.42. The number of nitrogens with zero attached hydrogens (tertiary/aromatic N) is 3. The van der Waals surface area contributed by atoms with Gasteiger partial charge in [0.1, 0.15) is 5.01 Å². The summed E-state index contributed by atoms with van der Waals surface area (Å²) in [6.07, 6.45) is 3.59. The van der Waals surface area contributed by atoms with E-state index in [4.69, 9.17) is 4.74 Å². The third-order valence-corrected chi connectivity index (χ3v) is 5.33. The number of ether oxygens (including phenoxy) is 1. The number of hydrogen-bond acceptors (Lipinski definition) is 4. The molecular formula is C16H29IN4OS. The Hall–Kier alpha value is -0.410. The van der Waals surface area contributed by atoms with Gasteiger partial charge >= 0.3 is 0 Å². The van der Waals surface area contributed by atoms with Gasteiger partial charge in [0.2, 0.25) is 0 Å². The van der Waals surface area contributed by atoms with Crippen LogP contribution >= 0.6 is 35.3 Å². The standard InChI is InChI=1S/C16H28N4OS.HI/c1-12-13(2)22-15(19-12)11-18-16(17-3)20(4)8-5-14-6-9-21-10-7-14;/h14H,5-11H2,1-4H3,(H,17,18);1H. The van der Waals surface area contributed by atoms with Gasteiger partial charge in [0.05, 0.1) is 12.2 Å². The Kier molecular flexibility index (Phi) is 9.38. The van der Waals surface area contributed by atoms with Crippen molar-refractivity contribution in [3.63, 3.8) is 0 Å². The molecule has 0 saturated carbocycles. The first kappa shape index (κ1) is 20.6. The van der Waals surface area contributed by atoms with Crippen LogP contribution < -0.4 is 5.32 Å². The highest BCUT2D eigenvalue weighted by Crippen LogP contribution is 2.19. The lowest BCUT2D eigenvalue weighted by Crippen LogP contribution is -2.39. The van der Waals surface area contributed by atoms with Crippen molar-refractivity contribution in [3.05, 3.63) is 15.6 Å². The van der Waals surface area contributed by atoms with Crippen molar-refractivity contribution in [2.24, 2.45) is 10.9 Å². The summed E-state index contributed by atoms with van der Waals surface area (Å²) in [5.74, 6) is 1.73. The minimum Gasteiger partial charge on any atom is -0.381 e. The molecule has 23 heavy (non-hydrogen) atoms. The van der Waals surface area contributed by atoms with Gasteiger partial charge < -0.3 is 15.0 Å². The van der Waals surface area contributed by atoms with Gasteiger partial charge in [-0.05, 0) is 39.0 Å². The molecule has 0 unspecified atom stereocenters. The fourth-order valence-corrected chi connectivity index (χ4v) is 3.55. The normalized spacial score (nSPS) is 16.1. The predicted octanol–water partition coefficient (Wildman–Crippen LogP) is 3.20. The summed E-state index contributed by atoms with van der Waals surface area (Å²) < 4.78 is 5.42. The van der Waals surface area contributed by atoms with E-state index in [1.807, 2.05) is 7.05 Å². The van der Waals surface area contributed by atoms with E-state index in [1.54, 1.807) is 11.3 Å². The average Bonchev–Trinajstić information content (AvgIpc) is 2.85. The van der Waals surface area contributed by atoms with Gasteiger partial charge in [-0.25, -0.2) is 4.98 Å². The Morgan fingerprint density at radius 1 is 1.39 bits per heavy atom. The van der Waals surface area contributed by atoms with E-state index in [1.165, 1.54) is 24.1 Å². The van der Waals surface area contributed by atoms with E-state index in [-0.39, 0.29) is 24.0 Å². The molecule has 5 nitrogen and oxygen atoms in total. The quantitative estimate of drug-likeness (QED) is 0.424. The van der Waals surface area contributed by atoms with Crippen LogP contribution in [-0.4, -0.2) is 49.7 Å². The fraction of sp³-hybridized carbons (Fsp3) is 0.750. The molecule has 1 fully saturated rings. The second-order valence-electron chi connectivity index (χ2n) is 5.92. The molecule has 0 amide bonds. The van der Waals surface area contributed by atoms with E-state index in [0.29, 0.717) is 0 Å². The van der Waals surface area contributed by atoms with Crippen molar-refractivity contribution in [1.29, 1.82) is 0 Å². The van der Waals surface area contributed by atoms with Crippen molar-refractivity contribution in [2.45, 2.75) is 39.7 Å². The second-order valence-corrected chi connectivity index (χ2v) is 7.20. The molecule has 0 atom stereocenters. The molecule has 1 aliphatic rings. The highest BCUT2D eigenvalue weighted by atomic mass is 127. The molecule has 7 heteroatoms. The third kappa shape index (κ3) is 6.54.